The van der Waals surface area contributed by atoms with Crippen molar-refractivity contribution in [3.63, 3.8) is 0 Å². The van der Waals surface area contributed by atoms with Crippen molar-refractivity contribution in [2.24, 2.45) is 0 Å². The average Bonchev–Trinajstić information content (AvgIpc) is 2.66. The highest BCUT2D eigenvalue weighted by atomic mass is 16.5. The van der Waals surface area contributed by atoms with Crippen LogP contribution in [-0.2, 0) is 9.53 Å². The average molecular weight is 336 g/mol. The van der Waals surface area contributed by atoms with Gasteiger partial charge < -0.3 is 15.0 Å². The highest BCUT2D eigenvalue weighted by Crippen LogP contribution is 2.31. The molecule has 1 aliphatic heterocycles. The van der Waals surface area contributed by atoms with Crippen molar-refractivity contribution >= 4 is 12.0 Å². The molecule has 0 radical (unpaired) electrons. The Balaban J connectivity index is 1.99. The third-order valence-corrected chi connectivity index (χ3v) is 4.51. The summed E-state index contributed by atoms with van der Waals surface area (Å²) in [6, 6.07) is 17.1. The molecule has 5 heteroatoms. The molecular weight excluding hydrogens is 316 g/mol. The number of ether oxygens (including phenoxy) is 1. The van der Waals surface area contributed by atoms with Crippen LogP contribution in [0.3, 0.4) is 0 Å². The number of carbonyl (C=O) groups is 2. The molecular formula is C20H20N2O3. The molecule has 1 N–H and O–H groups in total. The zero-order valence-electron chi connectivity index (χ0n) is 14.4. The molecule has 2 amide bonds. The van der Waals surface area contributed by atoms with E-state index < -0.39 is 12.0 Å². The summed E-state index contributed by atoms with van der Waals surface area (Å²) in [5.41, 5.74) is 4.05. The Kier molecular flexibility index (Phi) is 4.57. The van der Waals surface area contributed by atoms with Crippen molar-refractivity contribution in [3.05, 3.63) is 71.4 Å². The molecule has 0 fully saturated rings. The molecule has 0 saturated carbocycles. The molecule has 25 heavy (non-hydrogen) atoms. The number of carbonyl (C=O) groups excluding carboxylic acids is 2. The molecule has 0 spiro atoms. The molecule has 1 atom stereocenters. The second-order valence-corrected chi connectivity index (χ2v) is 5.92. The van der Waals surface area contributed by atoms with Crippen LogP contribution in [0, 0.1) is 0 Å². The molecule has 5 nitrogen and oxygen atoms in total. The van der Waals surface area contributed by atoms with Crippen LogP contribution in [0.2, 0.25) is 0 Å². The molecule has 3 rings (SSSR count). The molecule has 0 aliphatic carbocycles. The molecule has 0 aromatic heterocycles. The number of benzene rings is 2. The van der Waals surface area contributed by atoms with Gasteiger partial charge in [0.05, 0.1) is 18.7 Å². The van der Waals surface area contributed by atoms with Gasteiger partial charge in [0.25, 0.3) is 0 Å². The number of allylic oxidation sites excluding steroid dienone is 1. The number of hydrogen-bond donors (Lipinski definition) is 1. The third-order valence-electron chi connectivity index (χ3n) is 4.51. The summed E-state index contributed by atoms with van der Waals surface area (Å²) in [7, 11) is 2.97. The standard InChI is InChI=1S/C20H20N2O3/c1-13-17(19(23)25-3)18(21-20(24)22(13)2)16-11-9-15(10-12-16)14-7-5-4-6-8-14/h4-12,18H,1-3H3,(H,21,24)/t18-/m0/s1. The molecule has 1 heterocycles. The first-order chi connectivity index (χ1) is 12.0. The number of esters is 1. The van der Waals surface area contributed by atoms with E-state index >= 15 is 0 Å². The normalized spacial score (nSPS) is 17.3. The van der Waals surface area contributed by atoms with Crippen LogP contribution in [-0.4, -0.2) is 31.1 Å². The van der Waals surface area contributed by atoms with E-state index in [1.54, 1.807) is 14.0 Å². The number of urea groups is 1. The number of methoxy groups -OCH3 is 1. The van der Waals surface area contributed by atoms with Crippen molar-refractivity contribution in [3.8, 4) is 11.1 Å². The number of amides is 2. The van der Waals surface area contributed by atoms with E-state index in [4.69, 9.17) is 4.74 Å². The Hall–Kier alpha value is -3.08. The highest BCUT2D eigenvalue weighted by Gasteiger charge is 2.34. The number of nitrogens with zero attached hydrogens (tertiary/aromatic N) is 1. The van der Waals surface area contributed by atoms with Gasteiger partial charge in [-0.2, -0.15) is 0 Å². The highest BCUT2D eigenvalue weighted by molar-refractivity contribution is 5.94. The van der Waals surface area contributed by atoms with E-state index in [2.05, 4.69) is 5.32 Å². The summed E-state index contributed by atoms with van der Waals surface area (Å²) < 4.78 is 4.91. The summed E-state index contributed by atoms with van der Waals surface area (Å²) in [6.45, 7) is 1.75. The van der Waals surface area contributed by atoms with E-state index in [9.17, 15) is 9.59 Å². The lowest BCUT2D eigenvalue weighted by Gasteiger charge is -2.33. The number of nitrogens with one attached hydrogen (secondary N) is 1. The maximum Gasteiger partial charge on any atom is 0.337 e. The van der Waals surface area contributed by atoms with Gasteiger partial charge in [-0.05, 0) is 23.6 Å². The predicted molar refractivity (Wildman–Crippen MR) is 95.6 cm³/mol. The fourth-order valence-corrected chi connectivity index (χ4v) is 2.96. The minimum atomic E-state index is -0.527. The van der Waals surface area contributed by atoms with Crippen LogP contribution in [0.15, 0.2) is 65.9 Å². The molecule has 128 valence electrons. The Morgan fingerprint density at radius 1 is 1.04 bits per heavy atom. The topological polar surface area (TPSA) is 58.6 Å². The van der Waals surface area contributed by atoms with Crippen LogP contribution in [0.5, 0.6) is 0 Å². The fraction of sp³-hybridized carbons (Fsp3) is 0.200. The molecule has 0 saturated heterocycles. The van der Waals surface area contributed by atoms with Crippen LogP contribution in [0.4, 0.5) is 4.79 Å². The number of hydrogen-bond acceptors (Lipinski definition) is 3. The Morgan fingerprint density at radius 3 is 2.24 bits per heavy atom. The van der Waals surface area contributed by atoms with Crippen LogP contribution in [0.1, 0.15) is 18.5 Å². The summed E-state index contributed by atoms with van der Waals surface area (Å²) >= 11 is 0. The lowest BCUT2D eigenvalue weighted by molar-refractivity contribution is -0.136. The first kappa shape index (κ1) is 16.8. The van der Waals surface area contributed by atoms with Gasteiger partial charge >= 0.3 is 12.0 Å². The zero-order chi connectivity index (χ0) is 18.0. The molecule has 0 unspecified atom stereocenters. The molecule has 1 aliphatic rings. The fourth-order valence-electron chi connectivity index (χ4n) is 2.96. The zero-order valence-corrected chi connectivity index (χ0v) is 14.4. The van der Waals surface area contributed by atoms with Crippen LogP contribution in [0.25, 0.3) is 11.1 Å². The van der Waals surface area contributed by atoms with Gasteiger partial charge in [-0.1, -0.05) is 54.6 Å². The first-order valence-electron chi connectivity index (χ1n) is 8.01. The minimum Gasteiger partial charge on any atom is -0.466 e. The van der Waals surface area contributed by atoms with Crippen molar-refractivity contribution in [1.82, 2.24) is 10.2 Å². The summed E-state index contributed by atoms with van der Waals surface area (Å²) in [5, 5.41) is 2.87. The number of rotatable bonds is 3. The molecule has 2 aromatic carbocycles. The van der Waals surface area contributed by atoms with E-state index in [0.29, 0.717) is 11.3 Å². The second-order valence-electron chi connectivity index (χ2n) is 5.92. The van der Waals surface area contributed by atoms with E-state index in [0.717, 1.165) is 16.7 Å². The maximum absolute atomic E-state index is 12.2. The van der Waals surface area contributed by atoms with Gasteiger partial charge in [-0.25, -0.2) is 9.59 Å². The lowest BCUT2D eigenvalue weighted by atomic mass is 9.93. The van der Waals surface area contributed by atoms with E-state index in [1.165, 1.54) is 12.0 Å². The summed E-state index contributed by atoms with van der Waals surface area (Å²) in [5.74, 6) is -0.443. The third kappa shape index (κ3) is 3.13. The van der Waals surface area contributed by atoms with Crippen molar-refractivity contribution < 1.29 is 14.3 Å². The molecule has 0 bridgehead atoms. The van der Waals surface area contributed by atoms with E-state index in [-0.39, 0.29) is 6.03 Å². The second kappa shape index (κ2) is 6.81. The maximum atomic E-state index is 12.2. The summed E-state index contributed by atoms with van der Waals surface area (Å²) in [6.07, 6.45) is 0. The Morgan fingerprint density at radius 2 is 1.64 bits per heavy atom. The van der Waals surface area contributed by atoms with Crippen molar-refractivity contribution in [1.29, 1.82) is 0 Å². The Labute approximate surface area is 146 Å². The van der Waals surface area contributed by atoms with Gasteiger partial charge in [0.15, 0.2) is 0 Å². The van der Waals surface area contributed by atoms with Crippen LogP contribution < -0.4 is 5.32 Å². The quantitative estimate of drug-likeness (QED) is 0.873. The smallest absolute Gasteiger partial charge is 0.337 e. The summed E-state index contributed by atoms with van der Waals surface area (Å²) in [4.78, 5) is 25.8. The Bertz CT molecular complexity index is 826. The predicted octanol–water partition coefficient (Wildman–Crippen LogP) is 3.50. The molecule has 2 aromatic rings. The van der Waals surface area contributed by atoms with Crippen LogP contribution >= 0.6 is 0 Å². The lowest BCUT2D eigenvalue weighted by Crippen LogP contribution is -2.46. The van der Waals surface area contributed by atoms with Gasteiger partial charge in [0.2, 0.25) is 0 Å². The monoisotopic (exact) mass is 336 g/mol. The van der Waals surface area contributed by atoms with Gasteiger partial charge in [-0.3, -0.25) is 0 Å². The van der Waals surface area contributed by atoms with Gasteiger partial charge in [0.1, 0.15) is 0 Å². The van der Waals surface area contributed by atoms with Gasteiger partial charge in [-0.15, -0.1) is 0 Å². The van der Waals surface area contributed by atoms with Gasteiger partial charge in [0, 0.05) is 12.7 Å². The van der Waals surface area contributed by atoms with Crippen molar-refractivity contribution in [2.75, 3.05) is 14.2 Å². The largest absolute Gasteiger partial charge is 0.466 e. The minimum absolute atomic E-state index is 0.248. The van der Waals surface area contributed by atoms with E-state index in [1.807, 2.05) is 54.6 Å². The van der Waals surface area contributed by atoms with Crippen molar-refractivity contribution in [2.45, 2.75) is 13.0 Å². The SMILES string of the molecule is COC(=O)C1=C(C)N(C)C(=O)N[C@H]1c1ccc(-c2ccccc2)cc1. The first-order valence-corrected chi connectivity index (χ1v) is 8.01.